The van der Waals surface area contributed by atoms with E-state index in [1.807, 2.05) is 0 Å². The van der Waals surface area contributed by atoms with E-state index in [-0.39, 0.29) is 34.2 Å². The number of hydrogen-bond donors (Lipinski definition) is 2. The summed E-state index contributed by atoms with van der Waals surface area (Å²) in [6.07, 6.45) is 0. The van der Waals surface area contributed by atoms with Gasteiger partial charge >= 0.3 is 0 Å². The second-order valence-corrected chi connectivity index (χ2v) is 5.06. The predicted octanol–water partition coefficient (Wildman–Crippen LogP) is 1.41. The molecule has 0 aliphatic carbocycles. The molecule has 7 heteroatoms. The number of hydrogen-bond acceptors (Lipinski definition) is 4. The van der Waals surface area contributed by atoms with E-state index in [4.69, 9.17) is 33.7 Å². The molecule has 1 aromatic carbocycles. The summed E-state index contributed by atoms with van der Waals surface area (Å²) < 4.78 is 5.23. The summed E-state index contributed by atoms with van der Waals surface area (Å²) in [5.74, 6) is -0.304. The summed E-state index contributed by atoms with van der Waals surface area (Å²) in [5, 5.41) is 9.68. The van der Waals surface area contributed by atoms with E-state index in [0.29, 0.717) is 25.4 Å². The Hall–Kier alpha value is -1.01. The lowest BCUT2D eigenvalue weighted by Crippen LogP contribution is -2.50. The van der Waals surface area contributed by atoms with Crippen LogP contribution in [0.1, 0.15) is 10.4 Å². The van der Waals surface area contributed by atoms with E-state index in [0.717, 1.165) is 0 Å². The van der Waals surface area contributed by atoms with Crippen molar-refractivity contribution in [3.63, 3.8) is 0 Å². The molecule has 2 rings (SSSR count). The number of anilines is 1. The molecule has 1 saturated heterocycles. The van der Waals surface area contributed by atoms with E-state index in [1.54, 1.807) is 0 Å². The van der Waals surface area contributed by atoms with Gasteiger partial charge in [0.2, 0.25) is 0 Å². The predicted molar refractivity (Wildman–Crippen MR) is 73.6 cm³/mol. The van der Waals surface area contributed by atoms with Crippen molar-refractivity contribution in [1.82, 2.24) is 4.90 Å². The smallest absolute Gasteiger partial charge is 0.255 e. The van der Waals surface area contributed by atoms with Crippen LogP contribution in [0.5, 0.6) is 0 Å². The number of carbonyl (C=O) groups is 1. The zero-order chi connectivity index (χ0) is 14.0. The monoisotopic (exact) mass is 304 g/mol. The van der Waals surface area contributed by atoms with Gasteiger partial charge in [-0.15, -0.1) is 0 Å². The van der Waals surface area contributed by atoms with Crippen molar-refractivity contribution < 1.29 is 14.6 Å². The number of morpholine rings is 1. The third-order valence-electron chi connectivity index (χ3n) is 2.98. The Morgan fingerprint density at radius 2 is 2.26 bits per heavy atom. The largest absolute Gasteiger partial charge is 0.399 e. The summed E-state index contributed by atoms with van der Waals surface area (Å²) in [6.45, 7) is 0.956. The molecule has 19 heavy (non-hydrogen) atoms. The molecule has 1 unspecified atom stereocenters. The second-order valence-electron chi connectivity index (χ2n) is 4.27. The maximum atomic E-state index is 12.5. The van der Waals surface area contributed by atoms with Crippen molar-refractivity contribution in [3.8, 4) is 0 Å². The SMILES string of the molecule is Nc1cc(Cl)c(Cl)c(C(=O)N2CCOCC2CO)c1. The number of nitrogens with two attached hydrogens (primary N) is 1. The first kappa shape index (κ1) is 14.4. The molecule has 1 aromatic rings. The lowest BCUT2D eigenvalue weighted by Gasteiger charge is -2.34. The Bertz CT molecular complexity index is 496. The fourth-order valence-corrected chi connectivity index (χ4v) is 2.41. The Kier molecular flexibility index (Phi) is 4.52. The molecular formula is C12H14Cl2N2O3. The second kappa shape index (κ2) is 5.96. The minimum absolute atomic E-state index is 0.167. The molecule has 1 amide bonds. The molecule has 0 saturated carbocycles. The van der Waals surface area contributed by atoms with Gasteiger partial charge in [0.15, 0.2) is 0 Å². The first-order valence-electron chi connectivity index (χ1n) is 5.78. The number of carbonyl (C=O) groups excluding carboxylic acids is 1. The number of benzene rings is 1. The van der Waals surface area contributed by atoms with Gasteiger partial charge in [-0.05, 0) is 12.1 Å². The van der Waals surface area contributed by atoms with Crippen LogP contribution in [0, 0.1) is 0 Å². The van der Waals surface area contributed by atoms with Gasteiger partial charge in [0.05, 0.1) is 41.5 Å². The first-order chi connectivity index (χ1) is 9.04. The summed E-state index contributed by atoms with van der Waals surface area (Å²) in [5.41, 5.74) is 6.28. The third kappa shape index (κ3) is 2.95. The van der Waals surface area contributed by atoms with Crippen molar-refractivity contribution in [2.24, 2.45) is 0 Å². The minimum Gasteiger partial charge on any atom is -0.399 e. The Morgan fingerprint density at radius 3 is 2.95 bits per heavy atom. The van der Waals surface area contributed by atoms with Crippen molar-refractivity contribution in [3.05, 3.63) is 27.7 Å². The lowest BCUT2D eigenvalue weighted by atomic mass is 10.1. The molecule has 0 spiro atoms. The zero-order valence-corrected chi connectivity index (χ0v) is 11.6. The van der Waals surface area contributed by atoms with E-state index in [2.05, 4.69) is 0 Å². The number of aliphatic hydroxyl groups is 1. The lowest BCUT2D eigenvalue weighted by molar-refractivity contribution is -0.0183. The van der Waals surface area contributed by atoms with E-state index in [1.165, 1.54) is 17.0 Å². The molecule has 1 aliphatic heterocycles. The molecule has 3 N–H and O–H groups in total. The van der Waals surface area contributed by atoms with Crippen LogP contribution >= 0.6 is 23.2 Å². The van der Waals surface area contributed by atoms with Crippen LogP contribution in [0.15, 0.2) is 12.1 Å². The summed E-state index contributed by atoms with van der Waals surface area (Å²) in [4.78, 5) is 14.0. The van der Waals surface area contributed by atoms with Crippen LogP contribution < -0.4 is 5.73 Å². The van der Waals surface area contributed by atoms with Crippen molar-refractivity contribution >= 4 is 34.8 Å². The first-order valence-corrected chi connectivity index (χ1v) is 6.54. The summed E-state index contributed by atoms with van der Waals surface area (Å²) in [6, 6.07) is 2.60. The van der Waals surface area contributed by atoms with Gasteiger partial charge < -0.3 is 20.5 Å². The van der Waals surface area contributed by atoms with E-state index >= 15 is 0 Å². The van der Waals surface area contributed by atoms with E-state index < -0.39 is 0 Å². The highest BCUT2D eigenvalue weighted by Gasteiger charge is 2.29. The Labute approximate surface area is 120 Å². The van der Waals surface area contributed by atoms with Gasteiger partial charge in [0.1, 0.15) is 0 Å². The number of nitrogen functional groups attached to an aromatic ring is 1. The minimum atomic E-state index is -0.377. The highest BCUT2D eigenvalue weighted by atomic mass is 35.5. The molecule has 0 bridgehead atoms. The van der Waals surface area contributed by atoms with Gasteiger partial charge in [-0.1, -0.05) is 23.2 Å². The molecule has 1 heterocycles. The fraction of sp³-hybridized carbons (Fsp3) is 0.417. The highest BCUT2D eigenvalue weighted by Crippen LogP contribution is 2.30. The zero-order valence-electron chi connectivity index (χ0n) is 10.1. The molecule has 0 aromatic heterocycles. The molecule has 5 nitrogen and oxygen atoms in total. The molecule has 104 valence electrons. The third-order valence-corrected chi connectivity index (χ3v) is 3.78. The number of ether oxygens (including phenoxy) is 1. The van der Waals surface area contributed by atoms with Crippen LogP contribution in [-0.2, 0) is 4.74 Å². The molecule has 1 fully saturated rings. The highest BCUT2D eigenvalue weighted by molar-refractivity contribution is 6.44. The number of nitrogens with zero attached hydrogens (tertiary/aromatic N) is 1. The molecule has 1 atom stereocenters. The number of rotatable bonds is 2. The quantitative estimate of drug-likeness (QED) is 0.810. The average Bonchev–Trinajstić information content (AvgIpc) is 2.42. The fourth-order valence-electron chi connectivity index (χ4n) is 1.99. The number of amides is 1. The molecule has 1 aliphatic rings. The number of aliphatic hydroxyl groups excluding tert-OH is 1. The van der Waals surface area contributed by atoms with Gasteiger partial charge in [0, 0.05) is 12.2 Å². The van der Waals surface area contributed by atoms with Crippen molar-refractivity contribution in [1.29, 1.82) is 0 Å². The maximum Gasteiger partial charge on any atom is 0.255 e. The Morgan fingerprint density at radius 1 is 1.53 bits per heavy atom. The average molecular weight is 305 g/mol. The normalized spacial score (nSPS) is 19.5. The number of halogens is 2. The van der Waals surface area contributed by atoms with Crippen molar-refractivity contribution in [2.75, 3.05) is 32.1 Å². The van der Waals surface area contributed by atoms with Crippen LogP contribution in [0.4, 0.5) is 5.69 Å². The van der Waals surface area contributed by atoms with Crippen LogP contribution in [0.25, 0.3) is 0 Å². The summed E-state index contributed by atoms with van der Waals surface area (Å²) >= 11 is 12.0. The topological polar surface area (TPSA) is 75.8 Å². The van der Waals surface area contributed by atoms with Gasteiger partial charge in [0.25, 0.3) is 5.91 Å². The molecular weight excluding hydrogens is 291 g/mol. The van der Waals surface area contributed by atoms with Gasteiger partial charge in [-0.3, -0.25) is 4.79 Å². The molecule has 0 radical (unpaired) electrons. The van der Waals surface area contributed by atoms with Crippen LogP contribution in [0.3, 0.4) is 0 Å². The Balaban J connectivity index is 2.33. The summed E-state index contributed by atoms with van der Waals surface area (Å²) in [7, 11) is 0. The standard InChI is InChI=1S/C12H14Cl2N2O3/c13-10-4-7(15)3-9(11(10)14)12(18)16-1-2-19-6-8(16)5-17/h3-4,8,17H,1-2,5-6,15H2. The van der Waals surface area contributed by atoms with Gasteiger partial charge in [-0.25, -0.2) is 0 Å². The van der Waals surface area contributed by atoms with Crippen LogP contribution in [-0.4, -0.2) is 48.3 Å². The van der Waals surface area contributed by atoms with Crippen LogP contribution in [0.2, 0.25) is 10.0 Å². The van der Waals surface area contributed by atoms with Crippen molar-refractivity contribution in [2.45, 2.75) is 6.04 Å². The maximum absolute atomic E-state index is 12.5. The van der Waals surface area contributed by atoms with Gasteiger partial charge in [-0.2, -0.15) is 0 Å². The van der Waals surface area contributed by atoms with E-state index in [9.17, 15) is 9.90 Å².